The third-order valence-corrected chi connectivity index (χ3v) is 1.40. The van der Waals surface area contributed by atoms with Crippen LogP contribution < -0.4 is 0 Å². The monoisotopic (exact) mass is 170 g/mol. The molecule has 1 aliphatic heterocycles. The van der Waals surface area contributed by atoms with E-state index in [1.54, 1.807) is 6.08 Å². The summed E-state index contributed by atoms with van der Waals surface area (Å²) in [7, 11) is -1.49. The number of hydrogen-bond donors (Lipinski definition) is 2. The Labute approximate surface area is 71.1 Å². The molecule has 0 aromatic carbocycles. The highest BCUT2D eigenvalue weighted by atomic mass is 16.5. The molecule has 0 radical (unpaired) electrons. The van der Waals surface area contributed by atoms with Gasteiger partial charge in [-0.15, -0.1) is 0 Å². The van der Waals surface area contributed by atoms with Gasteiger partial charge in [0.1, 0.15) is 0 Å². The second kappa shape index (κ2) is 4.13. The van der Waals surface area contributed by atoms with E-state index in [0.717, 1.165) is 0 Å². The van der Waals surface area contributed by atoms with E-state index in [0.29, 0.717) is 19.0 Å². The van der Waals surface area contributed by atoms with Gasteiger partial charge in [0.2, 0.25) is 5.88 Å². The van der Waals surface area contributed by atoms with Crippen LogP contribution in [0, 0.1) is 0 Å². The van der Waals surface area contributed by atoms with Crippen LogP contribution in [-0.4, -0.2) is 41.6 Å². The Bertz CT molecular complexity index is 205. The zero-order chi connectivity index (χ0) is 8.97. The molecule has 0 saturated carbocycles. The molecule has 12 heavy (non-hydrogen) atoms. The molecule has 0 amide bonds. The third-order valence-electron chi connectivity index (χ3n) is 1.40. The maximum Gasteiger partial charge on any atom is 0.588 e. The van der Waals surface area contributed by atoms with E-state index in [2.05, 4.69) is 4.99 Å². The van der Waals surface area contributed by atoms with E-state index in [4.69, 9.17) is 14.8 Å². The average Bonchev–Trinajstić information content (AvgIpc) is 2.06. The maximum absolute atomic E-state index is 8.71. The van der Waals surface area contributed by atoms with Gasteiger partial charge >= 0.3 is 7.25 Å². The summed E-state index contributed by atoms with van der Waals surface area (Å²) < 4.78 is 5.08. The number of aliphatic imine (C=N–C) groups is 1. The maximum atomic E-state index is 8.71. The van der Waals surface area contributed by atoms with Gasteiger partial charge in [-0.2, -0.15) is 0 Å². The molecule has 0 spiro atoms. The summed E-state index contributed by atoms with van der Waals surface area (Å²) >= 11 is 0. The Morgan fingerprint density at radius 3 is 2.92 bits per heavy atom. The smallest absolute Gasteiger partial charge is 0.478 e. The summed E-state index contributed by atoms with van der Waals surface area (Å²) in [6.45, 7) is 2.82. The third kappa shape index (κ3) is 2.25. The van der Waals surface area contributed by atoms with Gasteiger partial charge in [0.05, 0.1) is 12.9 Å². The van der Waals surface area contributed by atoms with Gasteiger partial charge in [-0.25, -0.2) is 4.99 Å². The summed E-state index contributed by atoms with van der Waals surface area (Å²) in [5.41, 5.74) is 0. The van der Waals surface area contributed by atoms with Gasteiger partial charge in [-0.1, -0.05) is 0 Å². The molecular formula is C6H11BN2O3. The fourth-order valence-corrected chi connectivity index (χ4v) is 0.812. The molecule has 5 nitrogen and oxygen atoms in total. The number of nitrogens with zero attached hydrogens (tertiary/aromatic N) is 2. The SMILES string of the molecule is CCOC1=CCN(B(O)O)C=N1. The second-order valence-electron chi connectivity index (χ2n) is 2.26. The molecule has 0 atom stereocenters. The van der Waals surface area contributed by atoms with Crippen LogP contribution in [0.2, 0.25) is 0 Å². The Balaban J connectivity index is 2.44. The number of ether oxygens (including phenoxy) is 1. The van der Waals surface area contributed by atoms with E-state index < -0.39 is 7.25 Å². The molecular weight excluding hydrogens is 159 g/mol. The first-order valence-electron chi connectivity index (χ1n) is 3.73. The lowest BCUT2D eigenvalue weighted by Gasteiger charge is -2.19. The van der Waals surface area contributed by atoms with Crippen molar-refractivity contribution in [1.29, 1.82) is 0 Å². The summed E-state index contributed by atoms with van der Waals surface area (Å²) in [4.78, 5) is 5.11. The molecule has 0 saturated heterocycles. The molecule has 0 bridgehead atoms. The molecule has 0 aliphatic carbocycles. The van der Waals surface area contributed by atoms with E-state index >= 15 is 0 Å². The molecule has 1 rings (SSSR count). The first kappa shape index (κ1) is 9.09. The van der Waals surface area contributed by atoms with E-state index in [-0.39, 0.29) is 0 Å². The van der Waals surface area contributed by atoms with Gasteiger partial charge in [0.15, 0.2) is 0 Å². The van der Waals surface area contributed by atoms with Crippen molar-refractivity contribution >= 4 is 13.6 Å². The minimum absolute atomic E-state index is 0.399. The van der Waals surface area contributed by atoms with Crippen molar-refractivity contribution in [2.24, 2.45) is 4.99 Å². The van der Waals surface area contributed by atoms with Gasteiger partial charge in [-0.3, -0.25) is 0 Å². The van der Waals surface area contributed by atoms with Crippen LogP contribution >= 0.6 is 0 Å². The van der Waals surface area contributed by atoms with Crippen molar-refractivity contribution in [2.75, 3.05) is 13.2 Å². The van der Waals surface area contributed by atoms with Crippen LogP contribution in [0.15, 0.2) is 17.0 Å². The van der Waals surface area contributed by atoms with E-state index in [1.807, 2.05) is 6.92 Å². The van der Waals surface area contributed by atoms with Crippen LogP contribution in [0.1, 0.15) is 6.92 Å². The fraction of sp³-hybridized carbons (Fsp3) is 0.500. The van der Waals surface area contributed by atoms with Crippen molar-refractivity contribution in [3.05, 3.63) is 12.0 Å². The van der Waals surface area contributed by atoms with Crippen LogP contribution in [-0.2, 0) is 4.74 Å². The Morgan fingerprint density at radius 2 is 2.50 bits per heavy atom. The lowest BCUT2D eigenvalue weighted by Crippen LogP contribution is -2.40. The fourth-order valence-electron chi connectivity index (χ4n) is 0.812. The molecule has 2 N–H and O–H groups in total. The van der Waals surface area contributed by atoms with E-state index in [1.165, 1.54) is 11.1 Å². The van der Waals surface area contributed by atoms with Gasteiger partial charge in [-0.05, 0) is 13.0 Å². The first-order chi connectivity index (χ1) is 5.74. The van der Waals surface area contributed by atoms with Gasteiger partial charge < -0.3 is 19.6 Å². The summed E-state index contributed by atoms with van der Waals surface area (Å²) in [5, 5.41) is 17.4. The van der Waals surface area contributed by atoms with Crippen molar-refractivity contribution in [3.63, 3.8) is 0 Å². The highest BCUT2D eigenvalue weighted by Gasteiger charge is 2.18. The lowest BCUT2D eigenvalue weighted by molar-refractivity contribution is 0.222. The molecule has 1 heterocycles. The Kier molecular flexibility index (Phi) is 3.13. The number of hydrogen-bond acceptors (Lipinski definition) is 5. The van der Waals surface area contributed by atoms with Crippen LogP contribution in [0.3, 0.4) is 0 Å². The Morgan fingerprint density at radius 1 is 1.75 bits per heavy atom. The molecule has 0 unspecified atom stereocenters. The van der Waals surface area contributed by atoms with Crippen LogP contribution in [0.25, 0.3) is 0 Å². The largest absolute Gasteiger partial charge is 0.588 e. The predicted octanol–water partition coefficient (Wildman–Crippen LogP) is -0.822. The van der Waals surface area contributed by atoms with Gasteiger partial charge in [0, 0.05) is 6.54 Å². The number of rotatable bonds is 3. The topological polar surface area (TPSA) is 65.3 Å². The van der Waals surface area contributed by atoms with Crippen LogP contribution in [0.4, 0.5) is 0 Å². The zero-order valence-electron chi connectivity index (χ0n) is 6.84. The molecule has 0 aromatic heterocycles. The summed E-state index contributed by atoms with van der Waals surface area (Å²) in [6, 6.07) is 0. The van der Waals surface area contributed by atoms with E-state index in [9.17, 15) is 0 Å². The summed E-state index contributed by atoms with van der Waals surface area (Å²) in [5.74, 6) is 0.523. The van der Waals surface area contributed by atoms with Crippen LogP contribution in [0.5, 0.6) is 0 Å². The van der Waals surface area contributed by atoms with Crippen molar-refractivity contribution in [3.8, 4) is 0 Å². The van der Waals surface area contributed by atoms with Crippen molar-refractivity contribution in [2.45, 2.75) is 6.92 Å². The summed E-state index contributed by atoms with van der Waals surface area (Å²) in [6.07, 6.45) is 3.03. The molecule has 1 aliphatic rings. The quantitative estimate of drug-likeness (QED) is 0.543. The highest BCUT2D eigenvalue weighted by Crippen LogP contribution is 2.04. The lowest BCUT2D eigenvalue weighted by atomic mass is 10.1. The predicted molar refractivity (Wildman–Crippen MR) is 45.1 cm³/mol. The molecule has 0 fully saturated rings. The zero-order valence-corrected chi connectivity index (χ0v) is 6.84. The normalized spacial score (nSPS) is 15.9. The minimum atomic E-state index is -1.49. The average molecular weight is 170 g/mol. The first-order valence-corrected chi connectivity index (χ1v) is 3.73. The molecule has 0 aromatic rings. The second-order valence-corrected chi connectivity index (χ2v) is 2.26. The highest BCUT2D eigenvalue weighted by molar-refractivity contribution is 6.40. The molecule has 66 valence electrons. The minimum Gasteiger partial charge on any atom is -0.478 e. The molecule has 6 heteroatoms. The Hall–Kier alpha value is -1.01. The van der Waals surface area contributed by atoms with Gasteiger partial charge in [0.25, 0.3) is 0 Å². The standard InChI is InChI=1S/C6H11BN2O3/c1-2-12-6-3-4-9(5-8-6)7(10)11/h3,5,10-11H,2,4H2,1H3. The van der Waals surface area contributed by atoms with Crippen molar-refractivity contribution < 1.29 is 14.8 Å². The van der Waals surface area contributed by atoms with Crippen molar-refractivity contribution in [1.82, 2.24) is 4.81 Å².